The van der Waals surface area contributed by atoms with Gasteiger partial charge < -0.3 is 51.6 Å². The van der Waals surface area contributed by atoms with E-state index in [9.17, 15) is 19.8 Å². The van der Waals surface area contributed by atoms with Crippen molar-refractivity contribution in [3.05, 3.63) is 427 Å². The molecule has 17 aromatic rings. The van der Waals surface area contributed by atoms with Gasteiger partial charge in [-0.3, -0.25) is 9.59 Å². The highest BCUT2D eigenvalue weighted by atomic mass is 16.5. The number of anilines is 6. The van der Waals surface area contributed by atoms with Gasteiger partial charge in [-0.05, 0) is 139 Å². The fourth-order valence-electron chi connectivity index (χ4n) is 21.8. The van der Waals surface area contributed by atoms with Gasteiger partial charge in [0.05, 0.1) is 55.5 Å². The van der Waals surface area contributed by atoms with Gasteiger partial charge in [0.2, 0.25) is 11.6 Å². The van der Waals surface area contributed by atoms with Crippen molar-refractivity contribution in [2.24, 2.45) is 9.98 Å². The van der Waals surface area contributed by atoms with Crippen molar-refractivity contribution in [2.45, 2.75) is 22.7 Å². The highest BCUT2D eigenvalue weighted by Crippen LogP contribution is 2.60. The molecule has 0 aromatic heterocycles. The van der Waals surface area contributed by atoms with Crippen LogP contribution in [0.2, 0.25) is 0 Å². The minimum absolute atomic E-state index is 0.133. The van der Waals surface area contributed by atoms with Crippen molar-refractivity contribution < 1.29 is 38.9 Å². The number of nitrogens with one attached hydrogen (secondary N) is 6. The molecule has 0 saturated heterocycles. The molecular weight excluding hydrogens is 1540 g/mol. The summed E-state index contributed by atoms with van der Waals surface area (Å²) in [6, 6.07) is 106. The lowest BCUT2D eigenvalue weighted by Crippen LogP contribution is -2.45. The zero-order chi connectivity index (χ0) is 82.1. The Bertz CT molecular complexity index is 8330. The van der Waals surface area contributed by atoms with E-state index in [-0.39, 0.29) is 68.0 Å². The van der Waals surface area contributed by atoms with E-state index in [0.29, 0.717) is 43.5 Å². The van der Waals surface area contributed by atoms with Crippen molar-refractivity contribution >= 4 is 123 Å². The van der Waals surface area contributed by atoms with Gasteiger partial charge in [-0.2, -0.15) is 0 Å². The molecule has 0 radical (unpaired) electrons. The number of rotatable bonds is 6. The number of esters is 2. The van der Waals surface area contributed by atoms with Gasteiger partial charge in [-0.15, -0.1) is 0 Å². The van der Waals surface area contributed by atoms with Crippen LogP contribution in [0.25, 0.3) is 110 Å². The number of aliphatic hydroxyl groups excluding tert-OH is 2. The third-order valence-corrected chi connectivity index (χ3v) is 27.2. The van der Waals surface area contributed by atoms with Crippen molar-refractivity contribution in [3.8, 4) is 56.0 Å². The van der Waals surface area contributed by atoms with Crippen LogP contribution in [-0.4, -0.2) is 33.7 Å². The summed E-state index contributed by atoms with van der Waals surface area (Å²) in [5, 5.41) is 58.1. The molecule has 27 rings (SSSR count). The molecule has 2 unspecified atom stereocenters. The number of benzene rings is 17. The Labute approximate surface area is 705 Å². The number of ether oxygens (including phenoxy) is 2. The van der Waals surface area contributed by atoms with E-state index in [2.05, 4.69) is 105 Å². The molecule has 124 heavy (non-hydrogen) atoms. The summed E-state index contributed by atoms with van der Waals surface area (Å²) < 4.78 is 12.6. The molecule has 4 heterocycles. The molecule has 16 heteroatoms. The topological polar surface area (TPSA) is 224 Å². The predicted molar refractivity (Wildman–Crippen MR) is 482 cm³/mol. The minimum atomic E-state index is -1.32. The van der Waals surface area contributed by atoms with E-state index in [4.69, 9.17) is 19.5 Å². The smallest absolute Gasteiger partial charge is 0.343 e. The minimum Gasteiger partial charge on any atom is -0.506 e. The number of allylic oxidation sites excluding steroid dienone is 4. The highest BCUT2D eigenvalue weighted by molar-refractivity contribution is 6.53. The first kappa shape index (κ1) is 68.2. The summed E-state index contributed by atoms with van der Waals surface area (Å²) in [6.07, 6.45) is 0. The van der Waals surface area contributed by atoms with Crippen LogP contribution in [0, 0.1) is 0 Å². The largest absolute Gasteiger partial charge is 0.506 e. The van der Waals surface area contributed by atoms with Crippen molar-refractivity contribution in [1.29, 1.82) is 0 Å². The van der Waals surface area contributed by atoms with Crippen LogP contribution in [-0.2, 0) is 32.2 Å². The molecule has 0 bridgehead atoms. The molecule has 0 fully saturated rings. The fraction of sp³-hybridized carbons (Fsp3) is 0.0370. The third kappa shape index (κ3) is 8.77. The maximum absolute atomic E-state index is 15.5. The summed E-state index contributed by atoms with van der Waals surface area (Å²) in [4.78, 5) is 71.5. The van der Waals surface area contributed by atoms with Crippen LogP contribution in [0.5, 0.6) is 11.5 Å². The van der Waals surface area contributed by atoms with Gasteiger partial charge in [-0.25, -0.2) is 19.6 Å². The number of ketones is 2. The Morgan fingerprint density at radius 2 is 0.589 bits per heavy atom. The monoisotopic (exact) mass is 1600 g/mol. The maximum Gasteiger partial charge on any atom is 0.343 e. The van der Waals surface area contributed by atoms with E-state index in [1.54, 1.807) is 12.1 Å². The molecule has 17 aromatic carbocycles. The lowest BCUT2D eigenvalue weighted by Gasteiger charge is -2.41. The SMILES string of the molecule is O=C1C(c2ccc3cccc4c3c2NC2(N4)c3ccccc3-c3ccc(OC(=O)c4ccc(C(=O)Oc5ccc6c(c5)C5(N=c7c(=C8C(=O)C(c9ccc%10cccc%11c%10c9NC9(N%11)c%10ccccc%10-c%10ccccc%109)=C8O)ccc8cccc(c78)N5)c5ccccc5-6)cc4)cc32)=C(O)C1=c1ccc2cccc3c2c1=NC1(N3)c2ccccc2-c2ccccc21. The van der Waals surface area contributed by atoms with Crippen LogP contribution >= 0.6 is 0 Å². The van der Waals surface area contributed by atoms with E-state index in [1.807, 2.05) is 218 Å². The van der Waals surface area contributed by atoms with Gasteiger partial charge in [0.15, 0.2) is 22.7 Å². The molecule has 4 aliphatic heterocycles. The van der Waals surface area contributed by atoms with E-state index in [0.717, 1.165) is 155 Å². The number of hydrogen-bond acceptors (Lipinski definition) is 16. The standard InChI is InChI=1S/C108H62N8O8/c117-99-91(71-47-41-55-17-13-33-83-87(55)95(71)113-105(109-83)75-27-7-1-21-63(75)64-22-2-8-28-76(64)105)100(118)93(99)73-49-43-57-19-15-35-85-89(57)97(73)115-107(111-85)79-31-11-5-25-67(79)69-51-45-61(53-81(69)107)123-103(121)59-37-39-60(40-38-59)104(122)124-62-46-52-70-68-26-6-12-32-80(68)108(82(70)54-62)112-86-36-16-20-58-44-50-74(98(116-108)90(58)86)94-101(119)92(102(94)120)72-48-42-56-18-14-34-84-88(56)96(72)114-106(110-84)77-29-9-3-23-65(77)66-24-4-10-30-78(66)106/h1-54,109-113,116-117,119H. The van der Waals surface area contributed by atoms with Gasteiger partial charge >= 0.3 is 11.9 Å². The van der Waals surface area contributed by atoms with E-state index in [1.165, 1.54) is 24.3 Å². The number of hydrogen-bond donors (Lipinski definition) is 8. The summed E-state index contributed by atoms with van der Waals surface area (Å²) in [5.41, 5.74) is 17.6. The Hall–Kier alpha value is -16.7. The number of fused-ring (bicyclic) bond motifs is 20. The molecule has 16 nitrogen and oxygen atoms in total. The van der Waals surface area contributed by atoms with E-state index < -0.39 is 34.6 Å². The van der Waals surface area contributed by atoms with Gasteiger partial charge in [0.25, 0.3) is 0 Å². The van der Waals surface area contributed by atoms with Gasteiger partial charge in [-0.1, -0.05) is 255 Å². The van der Waals surface area contributed by atoms with Gasteiger partial charge in [0, 0.05) is 110 Å². The highest BCUT2D eigenvalue weighted by Gasteiger charge is 2.53. The average Bonchev–Trinajstić information content (AvgIpc) is 1.26. The second kappa shape index (κ2) is 24.1. The van der Waals surface area contributed by atoms with Gasteiger partial charge in [0.1, 0.15) is 23.0 Å². The molecule has 2 atom stereocenters. The molecular formula is C108H62N8O8. The number of carbonyl (C=O) groups excluding carboxylic acids is 4. The Morgan fingerprint density at radius 3 is 0.992 bits per heavy atom. The quantitative estimate of drug-likeness (QED) is 0.0573. The Morgan fingerprint density at radius 1 is 0.274 bits per heavy atom. The molecule has 6 aliphatic carbocycles. The molecule has 582 valence electrons. The zero-order valence-corrected chi connectivity index (χ0v) is 65.4. The predicted octanol–water partition coefficient (Wildman–Crippen LogP) is 19.4. The molecule has 10 aliphatic rings. The molecule has 4 spiro atoms. The lowest BCUT2D eigenvalue weighted by atomic mass is 9.79. The summed E-state index contributed by atoms with van der Waals surface area (Å²) in [6.45, 7) is 0. The second-order valence-electron chi connectivity index (χ2n) is 33.3. The number of carbonyl (C=O) groups is 4. The zero-order valence-electron chi connectivity index (χ0n) is 65.4. The Balaban J connectivity index is 0.499. The first-order valence-corrected chi connectivity index (χ1v) is 41.4. The van der Waals surface area contributed by atoms with E-state index >= 15 is 9.59 Å². The van der Waals surface area contributed by atoms with Crippen LogP contribution < -0.4 is 62.5 Å². The van der Waals surface area contributed by atoms with Crippen LogP contribution in [0.1, 0.15) is 76.4 Å². The van der Waals surface area contributed by atoms with Crippen molar-refractivity contribution in [2.75, 3.05) is 31.9 Å². The number of nitrogens with zero attached hydrogens (tertiary/aromatic N) is 2. The van der Waals surface area contributed by atoms with Crippen molar-refractivity contribution in [1.82, 2.24) is 0 Å². The fourth-order valence-corrected chi connectivity index (χ4v) is 21.8. The first-order valence-electron chi connectivity index (χ1n) is 41.4. The molecule has 0 saturated carbocycles. The lowest BCUT2D eigenvalue weighted by molar-refractivity contribution is -0.110. The van der Waals surface area contributed by atoms with Crippen molar-refractivity contribution in [3.63, 3.8) is 0 Å². The second-order valence-corrected chi connectivity index (χ2v) is 33.3. The normalized spacial score (nSPS) is 18.7. The van der Waals surface area contributed by atoms with Crippen LogP contribution in [0.15, 0.2) is 349 Å². The first-order chi connectivity index (χ1) is 60.8. The Kier molecular flexibility index (Phi) is 13.2. The molecule has 0 amide bonds. The summed E-state index contributed by atoms with van der Waals surface area (Å²) in [7, 11) is 0. The summed E-state index contributed by atoms with van der Waals surface area (Å²) in [5.74, 6) is -1.77. The number of Topliss-reactive ketones (excluding diaryl/α,β-unsaturated/α-hetero) is 2. The molecule has 8 N–H and O–H groups in total. The average molecular weight is 1600 g/mol. The van der Waals surface area contributed by atoms with Crippen LogP contribution in [0.3, 0.4) is 0 Å². The summed E-state index contributed by atoms with van der Waals surface area (Å²) >= 11 is 0. The third-order valence-electron chi connectivity index (χ3n) is 27.2. The van der Waals surface area contributed by atoms with Crippen LogP contribution in [0.4, 0.5) is 34.1 Å². The number of aliphatic hydroxyl groups is 2. The maximum atomic E-state index is 15.5.